The summed E-state index contributed by atoms with van der Waals surface area (Å²) in [7, 11) is -0.730. The molecule has 16 heteroatoms. The quantitative estimate of drug-likeness (QED) is 0.134. The van der Waals surface area contributed by atoms with Gasteiger partial charge in [0.05, 0.1) is 69.8 Å². The second-order valence-corrected chi connectivity index (χ2v) is 13.3. The molecule has 4 rings (SSSR count). The fraction of sp³-hybridized carbons (Fsp3) is 0.529. The van der Waals surface area contributed by atoms with E-state index in [1.165, 1.54) is 31.3 Å². The lowest BCUT2D eigenvalue weighted by Crippen LogP contribution is -2.39. The highest BCUT2D eigenvalue weighted by molar-refractivity contribution is 7.92. The van der Waals surface area contributed by atoms with Crippen LogP contribution < -0.4 is 9.62 Å². The summed E-state index contributed by atoms with van der Waals surface area (Å²) in [5, 5.41) is 3.03. The van der Waals surface area contributed by atoms with Gasteiger partial charge < -0.3 is 42.9 Å². The summed E-state index contributed by atoms with van der Waals surface area (Å²) < 4.78 is 85.1. The van der Waals surface area contributed by atoms with Gasteiger partial charge in [-0.05, 0) is 43.7 Å². The van der Waals surface area contributed by atoms with Crippen molar-refractivity contribution in [2.75, 3.05) is 97.3 Å². The molecule has 50 heavy (non-hydrogen) atoms. The number of carbonyl (C=O) groups excluding carboxylic acids is 2. The van der Waals surface area contributed by atoms with Gasteiger partial charge in [0.1, 0.15) is 36.5 Å². The predicted molar refractivity (Wildman–Crippen MR) is 181 cm³/mol. The number of hydrogen-bond acceptors (Lipinski definition) is 12. The number of carbonyl (C=O) groups is 2. The summed E-state index contributed by atoms with van der Waals surface area (Å²) in [6.45, 7) is 4.43. The molecule has 1 amide bonds. The summed E-state index contributed by atoms with van der Waals surface area (Å²) in [6.07, 6.45) is 0.399. The Labute approximate surface area is 291 Å². The van der Waals surface area contributed by atoms with Gasteiger partial charge in [-0.25, -0.2) is 17.6 Å². The fourth-order valence-corrected chi connectivity index (χ4v) is 6.24. The van der Waals surface area contributed by atoms with E-state index in [2.05, 4.69) is 5.32 Å². The van der Waals surface area contributed by atoms with Crippen LogP contribution in [0.15, 0.2) is 40.8 Å². The van der Waals surface area contributed by atoms with Crippen LogP contribution in [0.4, 0.5) is 10.1 Å². The van der Waals surface area contributed by atoms with Gasteiger partial charge in [-0.1, -0.05) is 0 Å². The lowest BCUT2D eigenvalue weighted by molar-refractivity contribution is -0.154. The summed E-state index contributed by atoms with van der Waals surface area (Å²) in [5.74, 6) is -1.33. The maximum Gasteiger partial charge on any atom is 0.332 e. The third kappa shape index (κ3) is 10.9. The molecule has 0 fully saturated rings. The van der Waals surface area contributed by atoms with Crippen molar-refractivity contribution >= 4 is 38.6 Å². The molecular formula is C34H45FN2O12S. The molecule has 3 aromatic rings. The normalized spacial score (nSPS) is 16.3. The van der Waals surface area contributed by atoms with Gasteiger partial charge in [0.2, 0.25) is 10.0 Å². The Bertz CT molecular complexity index is 1660. The third-order valence-corrected chi connectivity index (χ3v) is 8.82. The van der Waals surface area contributed by atoms with E-state index in [4.69, 9.17) is 37.6 Å². The number of benzene rings is 2. The molecule has 2 atom stereocenters. The van der Waals surface area contributed by atoms with Crippen molar-refractivity contribution in [1.29, 1.82) is 0 Å². The monoisotopic (exact) mass is 724 g/mol. The number of ether oxygens (including phenoxy) is 7. The topological polar surface area (TPSA) is 161 Å². The average Bonchev–Trinajstić information content (AvgIpc) is 3.39. The molecule has 14 nitrogen and oxygen atoms in total. The van der Waals surface area contributed by atoms with Gasteiger partial charge >= 0.3 is 5.97 Å². The number of nitrogens with one attached hydrogen (secondary N) is 1. The van der Waals surface area contributed by atoms with Gasteiger partial charge in [0, 0.05) is 50.0 Å². The maximum absolute atomic E-state index is 13.6. The van der Waals surface area contributed by atoms with Crippen molar-refractivity contribution < 1.29 is 60.0 Å². The lowest BCUT2D eigenvalue weighted by atomic mass is 10.0. The number of methoxy groups -OCH3 is 1. The molecule has 0 unspecified atom stereocenters. The maximum atomic E-state index is 13.6. The number of amides is 1. The summed E-state index contributed by atoms with van der Waals surface area (Å²) >= 11 is 0. The number of esters is 1. The Kier molecular flexibility index (Phi) is 15.0. The van der Waals surface area contributed by atoms with E-state index in [0.29, 0.717) is 61.8 Å². The Morgan fingerprint density at radius 1 is 0.960 bits per heavy atom. The van der Waals surface area contributed by atoms with E-state index in [1.54, 1.807) is 26.2 Å². The highest BCUT2D eigenvalue weighted by Gasteiger charge is 2.34. The first kappa shape index (κ1) is 39.2. The van der Waals surface area contributed by atoms with Crippen LogP contribution in [0, 0.1) is 5.82 Å². The second-order valence-electron chi connectivity index (χ2n) is 11.4. The molecule has 1 aliphatic rings. The van der Waals surface area contributed by atoms with E-state index in [0.717, 1.165) is 17.0 Å². The number of nitrogens with zero attached hydrogens (tertiary/aromatic N) is 1. The molecule has 1 aliphatic heterocycles. The van der Waals surface area contributed by atoms with Crippen LogP contribution >= 0.6 is 0 Å². The zero-order chi connectivity index (χ0) is 36.1. The summed E-state index contributed by atoms with van der Waals surface area (Å²) in [4.78, 5) is 25.5. The van der Waals surface area contributed by atoms with Crippen molar-refractivity contribution in [2.24, 2.45) is 0 Å². The van der Waals surface area contributed by atoms with Crippen LogP contribution in [0.3, 0.4) is 0 Å². The minimum absolute atomic E-state index is 0.153. The van der Waals surface area contributed by atoms with Crippen LogP contribution in [0.25, 0.3) is 22.3 Å². The molecule has 1 N–H and O–H groups in total. The van der Waals surface area contributed by atoms with Crippen molar-refractivity contribution in [2.45, 2.75) is 25.6 Å². The van der Waals surface area contributed by atoms with Crippen LogP contribution in [0.5, 0.6) is 0 Å². The van der Waals surface area contributed by atoms with Crippen LogP contribution in [-0.4, -0.2) is 119 Å². The van der Waals surface area contributed by atoms with Gasteiger partial charge in [0.25, 0.3) is 5.91 Å². The third-order valence-electron chi connectivity index (χ3n) is 7.67. The molecule has 0 bridgehead atoms. The highest BCUT2D eigenvalue weighted by Crippen LogP contribution is 2.42. The number of anilines is 1. The van der Waals surface area contributed by atoms with E-state index >= 15 is 0 Å². The number of rotatable bonds is 20. The number of sulfonamides is 1. The van der Waals surface area contributed by atoms with E-state index in [1.807, 2.05) is 0 Å². The number of furan rings is 1. The summed E-state index contributed by atoms with van der Waals surface area (Å²) in [5.41, 5.74) is 1.70. The van der Waals surface area contributed by atoms with Gasteiger partial charge in [0.15, 0.2) is 0 Å². The Morgan fingerprint density at radius 2 is 1.60 bits per heavy atom. The standard InChI is InChI=1S/C34H45FN2O12S/c1-23-27-18-28-30(49-33(32(28)34(39)36-2)24-6-8-25(35)9-7-24)19-29(27)37(50(4,40)41)20-26(48-23)21-47-31(38)22-46-17-16-45-15-14-44-13-12-43-11-5-10-42-3/h6-9,18-19,23,26H,5,10-17,20-22H2,1-4H3,(H,36,39)/t23-,26-/m0/s1. The zero-order valence-corrected chi connectivity index (χ0v) is 29.6. The summed E-state index contributed by atoms with van der Waals surface area (Å²) in [6, 6.07) is 8.69. The molecule has 2 heterocycles. The number of halogens is 1. The predicted octanol–water partition coefficient (Wildman–Crippen LogP) is 3.47. The first-order chi connectivity index (χ1) is 24.0. The van der Waals surface area contributed by atoms with Crippen LogP contribution in [-0.2, 0) is 48.0 Å². The van der Waals surface area contributed by atoms with Crippen molar-refractivity contribution in [3.63, 3.8) is 0 Å². The van der Waals surface area contributed by atoms with Gasteiger partial charge in [-0.2, -0.15) is 0 Å². The molecule has 276 valence electrons. The molecule has 0 saturated carbocycles. The Morgan fingerprint density at radius 3 is 2.22 bits per heavy atom. The molecule has 0 radical (unpaired) electrons. The average molecular weight is 725 g/mol. The molecule has 0 aliphatic carbocycles. The SMILES string of the molecule is CNC(=O)c1c(-c2ccc(F)cc2)oc2cc3c(cc12)[C@H](C)O[C@H](COC(=O)COCCOCCOCCOCCCOC)CN3S(C)(=O)=O. The van der Waals surface area contributed by atoms with E-state index in [9.17, 15) is 22.4 Å². The first-order valence-corrected chi connectivity index (χ1v) is 18.1. The second kappa shape index (κ2) is 19.1. The smallest absolute Gasteiger partial charge is 0.332 e. The fourth-order valence-electron chi connectivity index (χ4n) is 5.29. The molecular weight excluding hydrogens is 679 g/mol. The van der Waals surface area contributed by atoms with Crippen LogP contribution in [0.2, 0.25) is 0 Å². The van der Waals surface area contributed by atoms with Crippen molar-refractivity contribution in [3.05, 3.63) is 53.3 Å². The first-order valence-electron chi connectivity index (χ1n) is 16.2. The molecule has 0 spiro atoms. The largest absolute Gasteiger partial charge is 0.461 e. The van der Waals surface area contributed by atoms with E-state index < -0.39 is 39.9 Å². The molecule has 1 aromatic heterocycles. The van der Waals surface area contributed by atoms with Crippen molar-refractivity contribution in [3.8, 4) is 11.3 Å². The van der Waals surface area contributed by atoms with Gasteiger partial charge in [-0.3, -0.25) is 9.10 Å². The van der Waals surface area contributed by atoms with Crippen LogP contribution in [0.1, 0.15) is 35.4 Å². The Balaban J connectivity index is 1.32. The van der Waals surface area contributed by atoms with E-state index in [-0.39, 0.29) is 49.9 Å². The van der Waals surface area contributed by atoms with Gasteiger partial charge in [-0.15, -0.1) is 0 Å². The Hall–Kier alpha value is -3.64. The minimum atomic E-state index is -3.85. The zero-order valence-electron chi connectivity index (χ0n) is 28.7. The minimum Gasteiger partial charge on any atom is -0.461 e. The number of fused-ring (bicyclic) bond motifs is 2. The molecule has 2 aromatic carbocycles. The number of hydrogen-bond donors (Lipinski definition) is 1. The highest BCUT2D eigenvalue weighted by atomic mass is 32.2. The van der Waals surface area contributed by atoms with Crippen molar-refractivity contribution in [1.82, 2.24) is 5.32 Å². The lowest BCUT2D eigenvalue weighted by Gasteiger charge is -2.24. The molecule has 0 saturated heterocycles.